The van der Waals surface area contributed by atoms with Gasteiger partial charge in [-0.1, -0.05) is 12.2 Å². The standard InChI is InChI=1S/C21H30N6O4/c1-3-5-25(7-15-11-28-15)19-22-20(26(6-4-2)8-16-12-29-16)24-21(23-19)27(9-17-13-30-17)10-18-14-31-18/h3-4,15-18H,1-2,5-14H2. The van der Waals surface area contributed by atoms with Crippen molar-refractivity contribution in [2.45, 2.75) is 24.4 Å². The van der Waals surface area contributed by atoms with Crippen LogP contribution < -0.4 is 14.7 Å². The molecule has 4 unspecified atom stereocenters. The van der Waals surface area contributed by atoms with Crippen LogP contribution in [-0.4, -0.2) is 105 Å². The second kappa shape index (κ2) is 9.07. The Morgan fingerprint density at radius 1 is 0.613 bits per heavy atom. The highest BCUT2D eigenvalue weighted by Crippen LogP contribution is 2.26. The van der Waals surface area contributed by atoms with Crippen LogP contribution in [0.15, 0.2) is 25.3 Å². The first-order valence-electron chi connectivity index (χ1n) is 10.9. The van der Waals surface area contributed by atoms with Gasteiger partial charge in [-0.2, -0.15) is 15.0 Å². The number of ether oxygens (including phenoxy) is 4. The van der Waals surface area contributed by atoms with Crippen molar-refractivity contribution in [1.82, 2.24) is 15.0 Å². The zero-order valence-electron chi connectivity index (χ0n) is 17.8. The molecular weight excluding hydrogens is 400 g/mol. The molecule has 0 N–H and O–H groups in total. The summed E-state index contributed by atoms with van der Waals surface area (Å²) in [5.41, 5.74) is 0. The minimum atomic E-state index is 0.212. The maximum absolute atomic E-state index is 5.48. The van der Waals surface area contributed by atoms with Crippen LogP contribution in [0.3, 0.4) is 0 Å². The second-order valence-electron chi connectivity index (χ2n) is 8.35. The zero-order chi connectivity index (χ0) is 21.2. The second-order valence-corrected chi connectivity index (χ2v) is 8.35. The van der Waals surface area contributed by atoms with Gasteiger partial charge in [-0.25, -0.2) is 0 Å². The van der Waals surface area contributed by atoms with Gasteiger partial charge in [-0.05, 0) is 0 Å². The lowest BCUT2D eigenvalue weighted by Gasteiger charge is -2.27. The Balaban J connectivity index is 1.47. The fourth-order valence-corrected chi connectivity index (χ4v) is 3.47. The van der Waals surface area contributed by atoms with Crippen LogP contribution in [0.1, 0.15) is 0 Å². The quantitative estimate of drug-likeness (QED) is 0.285. The molecule has 10 nitrogen and oxygen atoms in total. The molecule has 0 aromatic carbocycles. The molecule has 10 heteroatoms. The van der Waals surface area contributed by atoms with E-state index in [0.717, 1.165) is 52.6 Å². The van der Waals surface area contributed by atoms with Crippen molar-refractivity contribution in [3.05, 3.63) is 25.3 Å². The number of aromatic nitrogens is 3. The predicted octanol–water partition coefficient (Wildman–Crippen LogP) is 0.258. The summed E-state index contributed by atoms with van der Waals surface area (Å²) in [5, 5.41) is 0. The Bertz CT molecular complexity index is 734. The predicted molar refractivity (Wildman–Crippen MR) is 116 cm³/mol. The summed E-state index contributed by atoms with van der Waals surface area (Å²) >= 11 is 0. The molecule has 4 aliphatic heterocycles. The van der Waals surface area contributed by atoms with Crippen molar-refractivity contribution in [1.29, 1.82) is 0 Å². The Hall–Kier alpha value is -2.27. The third-order valence-corrected chi connectivity index (χ3v) is 5.45. The van der Waals surface area contributed by atoms with Gasteiger partial charge in [0.15, 0.2) is 0 Å². The van der Waals surface area contributed by atoms with E-state index in [1.165, 1.54) is 0 Å². The maximum atomic E-state index is 5.48. The Morgan fingerprint density at radius 3 is 1.19 bits per heavy atom. The van der Waals surface area contributed by atoms with Gasteiger partial charge in [0.25, 0.3) is 0 Å². The summed E-state index contributed by atoms with van der Waals surface area (Å²) in [7, 11) is 0. The molecule has 31 heavy (non-hydrogen) atoms. The van der Waals surface area contributed by atoms with E-state index in [9.17, 15) is 0 Å². The van der Waals surface area contributed by atoms with Crippen LogP contribution >= 0.6 is 0 Å². The number of hydrogen-bond donors (Lipinski definition) is 0. The third kappa shape index (κ3) is 5.91. The Morgan fingerprint density at radius 2 is 0.903 bits per heavy atom. The molecule has 0 spiro atoms. The van der Waals surface area contributed by atoms with Gasteiger partial charge in [0.05, 0.1) is 50.8 Å². The number of anilines is 3. The molecule has 5 heterocycles. The molecule has 1 aromatic heterocycles. The lowest BCUT2D eigenvalue weighted by Crippen LogP contribution is -2.37. The number of nitrogens with zero attached hydrogens (tertiary/aromatic N) is 6. The fraction of sp³-hybridized carbons (Fsp3) is 0.667. The van der Waals surface area contributed by atoms with E-state index in [1.54, 1.807) is 0 Å². The summed E-state index contributed by atoms with van der Waals surface area (Å²) in [5.74, 6) is 1.89. The van der Waals surface area contributed by atoms with Crippen LogP contribution in [0.2, 0.25) is 0 Å². The summed E-state index contributed by atoms with van der Waals surface area (Å²) in [6, 6.07) is 0. The highest BCUT2D eigenvalue weighted by molar-refractivity contribution is 5.48. The van der Waals surface area contributed by atoms with E-state index in [4.69, 9.17) is 33.9 Å². The zero-order valence-corrected chi connectivity index (χ0v) is 17.8. The van der Waals surface area contributed by atoms with E-state index >= 15 is 0 Å². The highest BCUT2D eigenvalue weighted by atomic mass is 16.6. The van der Waals surface area contributed by atoms with Gasteiger partial charge in [-0.15, -0.1) is 13.2 Å². The van der Waals surface area contributed by atoms with Crippen molar-refractivity contribution in [2.24, 2.45) is 0 Å². The van der Waals surface area contributed by atoms with Crippen molar-refractivity contribution in [2.75, 3.05) is 80.4 Å². The average molecular weight is 431 g/mol. The molecule has 1 aromatic rings. The smallest absolute Gasteiger partial charge is 0.232 e. The topological polar surface area (TPSA) is 98.5 Å². The molecule has 4 atom stereocenters. The fourth-order valence-electron chi connectivity index (χ4n) is 3.47. The first kappa shape index (κ1) is 20.6. The van der Waals surface area contributed by atoms with E-state index in [-0.39, 0.29) is 24.4 Å². The molecule has 5 rings (SSSR count). The summed E-state index contributed by atoms with van der Waals surface area (Å²) in [6.45, 7) is 15.1. The first-order valence-corrected chi connectivity index (χ1v) is 10.9. The summed E-state index contributed by atoms with van der Waals surface area (Å²) < 4.78 is 21.9. The number of hydrogen-bond acceptors (Lipinski definition) is 10. The van der Waals surface area contributed by atoms with E-state index in [0.29, 0.717) is 30.9 Å². The van der Waals surface area contributed by atoms with Crippen molar-refractivity contribution in [3.8, 4) is 0 Å². The summed E-state index contributed by atoms with van der Waals surface area (Å²) in [6.07, 6.45) is 4.58. The largest absolute Gasteiger partial charge is 0.371 e. The van der Waals surface area contributed by atoms with E-state index < -0.39 is 0 Å². The van der Waals surface area contributed by atoms with Gasteiger partial charge < -0.3 is 33.6 Å². The average Bonchev–Trinajstić information content (AvgIpc) is 3.61. The molecule has 4 fully saturated rings. The third-order valence-electron chi connectivity index (χ3n) is 5.45. The molecule has 0 radical (unpaired) electrons. The Kier molecular flexibility index (Phi) is 6.04. The van der Waals surface area contributed by atoms with Crippen LogP contribution in [0.5, 0.6) is 0 Å². The van der Waals surface area contributed by atoms with Gasteiger partial charge in [0.2, 0.25) is 17.8 Å². The van der Waals surface area contributed by atoms with Crippen molar-refractivity contribution in [3.63, 3.8) is 0 Å². The molecular formula is C21H30N6O4. The molecule has 4 saturated heterocycles. The van der Waals surface area contributed by atoms with Crippen LogP contribution in [0.4, 0.5) is 17.8 Å². The molecule has 168 valence electrons. The normalized spacial score (nSPS) is 27.4. The Labute approximate surface area is 182 Å². The molecule has 0 amide bonds. The van der Waals surface area contributed by atoms with Gasteiger partial charge in [-0.3, -0.25) is 0 Å². The lowest BCUT2D eigenvalue weighted by molar-refractivity contribution is 0.387. The SMILES string of the molecule is C=CCN(CC1CO1)c1nc(N(CC=C)CC2CO2)nc(N(CC2CO2)CC2CO2)n1. The minimum absolute atomic E-state index is 0.212. The summed E-state index contributed by atoms with van der Waals surface area (Å²) in [4.78, 5) is 20.9. The number of epoxide rings is 4. The molecule has 0 saturated carbocycles. The number of rotatable bonds is 15. The van der Waals surface area contributed by atoms with Crippen LogP contribution in [0.25, 0.3) is 0 Å². The minimum Gasteiger partial charge on any atom is -0.371 e. The van der Waals surface area contributed by atoms with Crippen molar-refractivity contribution < 1.29 is 18.9 Å². The van der Waals surface area contributed by atoms with Gasteiger partial charge in [0, 0.05) is 39.3 Å². The van der Waals surface area contributed by atoms with Crippen molar-refractivity contribution >= 4 is 17.8 Å². The van der Waals surface area contributed by atoms with E-state index in [2.05, 4.69) is 27.9 Å². The molecule has 0 aliphatic carbocycles. The van der Waals surface area contributed by atoms with E-state index in [1.807, 2.05) is 12.2 Å². The first-order chi connectivity index (χ1) is 15.2. The highest BCUT2D eigenvalue weighted by Gasteiger charge is 2.34. The monoisotopic (exact) mass is 430 g/mol. The van der Waals surface area contributed by atoms with Gasteiger partial charge in [0.1, 0.15) is 0 Å². The lowest BCUT2D eigenvalue weighted by atomic mass is 10.3. The molecule has 4 aliphatic rings. The van der Waals surface area contributed by atoms with Gasteiger partial charge >= 0.3 is 0 Å². The maximum Gasteiger partial charge on any atom is 0.232 e. The molecule has 0 bridgehead atoms. The van der Waals surface area contributed by atoms with Crippen LogP contribution in [0, 0.1) is 0 Å². The van der Waals surface area contributed by atoms with Crippen LogP contribution in [-0.2, 0) is 18.9 Å².